The van der Waals surface area contributed by atoms with E-state index in [1.807, 2.05) is 0 Å². The zero-order valence-corrected chi connectivity index (χ0v) is 14.4. The van der Waals surface area contributed by atoms with Gasteiger partial charge in [0.2, 0.25) is 0 Å². The topological polar surface area (TPSA) is 63.2 Å². The zero-order valence-electron chi connectivity index (χ0n) is 12.8. The van der Waals surface area contributed by atoms with Gasteiger partial charge < -0.3 is 5.32 Å². The lowest BCUT2D eigenvalue weighted by atomic mass is 10.1. The maximum Gasteiger partial charge on any atom is 0.257 e. The Morgan fingerprint density at radius 2 is 1.71 bits per heavy atom. The summed E-state index contributed by atoms with van der Waals surface area (Å²) in [5.41, 5.74) is -0.258. The van der Waals surface area contributed by atoms with Crippen LogP contribution in [-0.2, 0) is 9.84 Å². The van der Waals surface area contributed by atoms with Crippen molar-refractivity contribution >= 4 is 27.3 Å². The van der Waals surface area contributed by atoms with Gasteiger partial charge in [-0.05, 0) is 36.8 Å². The maximum absolute atomic E-state index is 14.3. The molecule has 0 heterocycles. The number of amides is 1. The third-order valence-corrected chi connectivity index (χ3v) is 4.77. The molecule has 0 aromatic heterocycles. The van der Waals surface area contributed by atoms with Gasteiger partial charge >= 0.3 is 0 Å². The molecule has 0 aliphatic heterocycles. The van der Waals surface area contributed by atoms with Crippen molar-refractivity contribution in [2.24, 2.45) is 0 Å². The van der Waals surface area contributed by atoms with Gasteiger partial charge in [-0.15, -0.1) is 0 Å². The van der Waals surface area contributed by atoms with Crippen LogP contribution in [0.2, 0.25) is 5.02 Å². The molecule has 0 saturated carbocycles. The summed E-state index contributed by atoms with van der Waals surface area (Å²) in [6, 6.07) is 7.53. The highest BCUT2D eigenvalue weighted by atomic mass is 35.5. The van der Waals surface area contributed by atoms with E-state index in [2.05, 4.69) is 5.32 Å². The van der Waals surface area contributed by atoms with Crippen molar-refractivity contribution in [3.8, 4) is 0 Å². The molecule has 0 unspecified atom stereocenters. The Labute approximate surface area is 143 Å². The standard InChI is InChI=1S/C16H14ClF2NO3S/c1-9(10-3-5-11(17)6-4-10)20-16(21)14-12(18)7-8-13(15(14)19)24(2,22)23/h3-9H,1-2H3,(H,20,21)/t9-/m1/s1. The van der Waals surface area contributed by atoms with Crippen LogP contribution in [0.3, 0.4) is 0 Å². The first-order chi connectivity index (χ1) is 11.1. The van der Waals surface area contributed by atoms with Gasteiger partial charge in [0.25, 0.3) is 5.91 Å². The van der Waals surface area contributed by atoms with Crippen molar-refractivity contribution in [2.45, 2.75) is 17.9 Å². The molecule has 0 radical (unpaired) electrons. The Morgan fingerprint density at radius 3 is 2.25 bits per heavy atom. The molecule has 24 heavy (non-hydrogen) atoms. The number of sulfone groups is 1. The number of carbonyl (C=O) groups is 1. The average molecular weight is 374 g/mol. The van der Waals surface area contributed by atoms with Crippen molar-refractivity contribution in [3.05, 3.63) is 64.2 Å². The van der Waals surface area contributed by atoms with Gasteiger partial charge in [-0.3, -0.25) is 4.79 Å². The van der Waals surface area contributed by atoms with Gasteiger partial charge in [-0.25, -0.2) is 17.2 Å². The van der Waals surface area contributed by atoms with Gasteiger partial charge in [0.1, 0.15) is 16.3 Å². The number of rotatable bonds is 4. The molecule has 2 aromatic carbocycles. The molecule has 0 aliphatic carbocycles. The van der Waals surface area contributed by atoms with E-state index in [-0.39, 0.29) is 0 Å². The van der Waals surface area contributed by atoms with Gasteiger partial charge in [-0.2, -0.15) is 0 Å². The molecule has 0 saturated heterocycles. The Hall–Kier alpha value is -1.99. The minimum atomic E-state index is -3.93. The summed E-state index contributed by atoms with van der Waals surface area (Å²) in [6.07, 6.45) is 0.779. The molecule has 0 aliphatic rings. The second-order valence-electron chi connectivity index (χ2n) is 5.25. The lowest BCUT2D eigenvalue weighted by Crippen LogP contribution is -2.29. The van der Waals surface area contributed by atoms with E-state index in [0.29, 0.717) is 10.6 Å². The van der Waals surface area contributed by atoms with Crippen molar-refractivity contribution in [1.82, 2.24) is 5.32 Å². The molecule has 1 N–H and O–H groups in total. The average Bonchev–Trinajstić information content (AvgIpc) is 2.46. The van der Waals surface area contributed by atoms with E-state index >= 15 is 0 Å². The second kappa shape index (κ2) is 6.86. The number of benzene rings is 2. The Morgan fingerprint density at radius 1 is 1.12 bits per heavy atom. The molecular formula is C16H14ClF2NO3S. The monoisotopic (exact) mass is 373 g/mol. The predicted molar refractivity (Wildman–Crippen MR) is 86.8 cm³/mol. The van der Waals surface area contributed by atoms with E-state index < -0.39 is 43.9 Å². The van der Waals surface area contributed by atoms with Crippen LogP contribution in [-0.4, -0.2) is 20.6 Å². The lowest BCUT2D eigenvalue weighted by molar-refractivity contribution is 0.0930. The first kappa shape index (κ1) is 18.4. The summed E-state index contributed by atoms with van der Waals surface area (Å²) < 4.78 is 51.2. The van der Waals surface area contributed by atoms with Crippen LogP contribution in [0.5, 0.6) is 0 Å². The SMILES string of the molecule is C[C@@H](NC(=O)c1c(F)ccc(S(C)(=O)=O)c1F)c1ccc(Cl)cc1. The quantitative estimate of drug-likeness (QED) is 0.834. The molecule has 0 fully saturated rings. The number of halogens is 3. The number of nitrogens with one attached hydrogen (secondary N) is 1. The van der Waals surface area contributed by atoms with E-state index in [9.17, 15) is 22.0 Å². The van der Waals surface area contributed by atoms with Crippen molar-refractivity contribution < 1.29 is 22.0 Å². The summed E-state index contributed by atoms with van der Waals surface area (Å²) in [6.45, 7) is 1.62. The fourth-order valence-electron chi connectivity index (χ4n) is 2.13. The van der Waals surface area contributed by atoms with Crippen LogP contribution in [0.25, 0.3) is 0 Å². The predicted octanol–water partition coefficient (Wildman–Crippen LogP) is 3.51. The molecular weight excluding hydrogens is 360 g/mol. The number of hydrogen-bond donors (Lipinski definition) is 1. The summed E-state index contributed by atoms with van der Waals surface area (Å²) in [5.74, 6) is -3.59. The van der Waals surface area contributed by atoms with Crippen LogP contribution in [0.4, 0.5) is 8.78 Å². The zero-order chi connectivity index (χ0) is 18.1. The summed E-state index contributed by atoms with van der Waals surface area (Å²) in [7, 11) is -3.93. The van der Waals surface area contributed by atoms with E-state index in [4.69, 9.17) is 11.6 Å². The highest BCUT2D eigenvalue weighted by Gasteiger charge is 2.25. The first-order valence-electron chi connectivity index (χ1n) is 6.85. The van der Waals surface area contributed by atoms with Crippen LogP contribution >= 0.6 is 11.6 Å². The third kappa shape index (κ3) is 3.91. The smallest absolute Gasteiger partial charge is 0.257 e. The molecule has 0 spiro atoms. The molecule has 4 nitrogen and oxygen atoms in total. The van der Waals surface area contributed by atoms with E-state index in [1.165, 1.54) is 0 Å². The van der Waals surface area contributed by atoms with Crippen LogP contribution in [0.1, 0.15) is 28.9 Å². The molecule has 1 amide bonds. The van der Waals surface area contributed by atoms with Gasteiger partial charge in [0.15, 0.2) is 15.7 Å². The minimum absolute atomic E-state index is 0.509. The number of carbonyl (C=O) groups excluding carboxylic acids is 1. The van der Waals surface area contributed by atoms with E-state index in [0.717, 1.165) is 18.4 Å². The highest BCUT2D eigenvalue weighted by Crippen LogP contribution is 2.22. The molecule has 2 rings (SSSR count). The van der Waals surface area contributed by atoms with Crippen LogP contribution < -0.4 is 5.32 Å². The number of hydrogen-bond acceptors (Lipinski definition) is 3. The fourth-order valence-corrected chi connectivity index (χ4v) is 3.00. The Bertz CT molecular complexity index is 883. The molecule has 128 valence electrons. The van der Waals surface area contributed by atoms with Crippen molar-refractivity contribution in [1.29, 1.82) is 0 Å². The molecule has 0 bridgehead atoms. The second-order valence-corrected chi connectivity index (χ2v) is 7.67. The van der Waals surface area contributed by atoms with Crippen molar-refractivity contribution in [3.63, 3.8) is 0 Å². The highest BCUT2D eigenvalue weighted by molar-refractivity contribution is 7.90. The molecule has 8 heteroatoms. The summed E-state index contributed by atoms with van der Waals surface area (Å²) in [4.78, 5) is 11.5. The van der Waals surface area contributed by atoms with Gasteiger partial charge in [0, 0.05) is 11.3 Å². The minimum Gasteiger partial charge on any atom is -0.345 e. The summed E-state index contributed by atoms with van der Waals surface area (Å²) in [5, 5.41) is 2.94. The normalized spacial score (nSPS) is 12.7. The van der Waals surface area contributed by atoms with Crippen molar-refractivity contribution in [2.75, 3.05) is 6.26 Å². The Kier molecular flexibility index (Phi) is 5.25. The Balaban J connectivity index is 2.34. The maximum atomic E-state index is 14.3. The summed E-state index contributed by atoms with van der Waals surface area (Å²) >= 11 is 5.78. The third-order valence-electron chi connectivity index (χ3n) is 3.40. The van der Waals surface area contributed by atoms with Crippen LogP contribution in [0.15, 0.2) is 41.3 Å². The van der Waals surface area contributed by atoms with E-state index in [1.54, 1.807) is 31.2 Å². The van der Waals surface area contributed by atoms with Crippen LogP contribution in [0, 0.1) is 11.6 Å². The van der Waals surface area contributed by atoms with Gasteiger partial charge in [-0.1, -0.05) is 23.7 Å². The lowest BCUT2D eigenvalue weighted by Gasteiger charge is -2.16. The molecule has 1 atom stereocenters. The van der Waals surface area contributed by atoms with Gasteiger partial charge in [0.05, 0.1) is 6.04 Å². The molecule has 2 aromatic rings. The fraction of sp³-hybridized carbons (Fsp3) is 0.188. The largest absolute Gasteiger partial charge is 0.345 e. The first-order valence-corrected chi connectivity index (χ1v) is 9.12.